The molecule has 0 aliphatic carbocycles. The number of ether oxygens (including phenoxy) is 2. The van der Waals surface area contributed by atoms with Crippen LogP contribution in [0.1, 0.15) is 58.9 Å². The average molecular weight is 475 g/mol. The highest BCUT2D eigenvalue weighted by Crippen LogP contribution is 2.56. The number of anilines is 1. The number of nitrogens with one attached hydrogen (secondary N) is 1. The molecule has 2 aliphatic rings. The van der Waals surface area contributed by atoms with Gasteiger partial charge in [-0.15, -0.1) is 0 Å². The number of hydrogen-bond acceptors (Lipinski definition) is 4. The zero-order valence-corrected chi connectivity index (χ0v) is 20.7. The van der Waals surface area contributed by atoms with E-state index >= 15 is 0 Å². The van der Waals surface area contributed by atoms with Gasteiger partial charge in [0.15, 0.2) is 11.4 Å². The molecule has 1 unspecified atom stereocenters. The van der Waals surface area contributed by atoms with Crippen molar-refractivity contribution in [3.8, 4) is 11.5 Å². The second kappa shape index (κ2) is 8.20. The van der Waals surface area contributed by atoms with Gasteiger partial charge in [-0.05, 0) is 50.1 Å². The van der Waals surface area contributed by atoms with Crippen LogP contribution in [0, 0.1) is 6.42 Å². The number of fused-ring (bicyclic) bond motifs is 6. The Hall–Kier alpha value is -4.18. The third-order valence-electron chi connectivity index (χ3n) is 7.04. The molecule has 0 radical (unpaired) electrons. The number of benzene rings is 4. The Labute approximate surface area is 211 Å². The first-order chi connectivity index (χ1) is 17.4. The quantitative estimate of drug-likeness (QED) is 0.244. The predicted octanol–water partition coefficient (Wildman–Crippen LogP) is 7.26. The standard InChI is InChI=1S/C32H28NO3/c1-4-21-14-16-26-29(18-21)35-28-17-15-23(33-31(2,3)20-22-10-6-5-7-11-22)19-27(28)32(26)25-13-9-8-12-24(25)30(34)36-32/h4-19,33H,20H2,1-3H3/q+1. The van der Waals surface area contributed by atoms with Gasteiger partial charge in [0.1, 0.15) is 11.3 Å². The summed E-state index contributed by atoms with van der Waals surface area (Å²) in [5, 5.41) is 3.70. The fourth-order valence-corrected chi connectivity index (χ4v) is 5.49. The highest BCUT2D eigenvalue weighted by Gasteiger charge is 2.54. The zero-order chi connectivity index (χ0) is 24.9. The molecule has 6 rings (SSSR count). The summed E-state index contributed by atoms with van der Waals surface area (Å²) in [5.74, 6) is 1.07. The van der Waals surface area contributed by atoms with Gasteiger partial charge in [0.2, 0.25) is 0 Å². The summed E-state index contributed by atoms with van der Waals surface area (Å²) in [4.78, 5) is 13.1. The van der Waals surface area contributed by atoms with Gasteiger partial charge < -0.3 is 14.8 Å². The van der Waals surface area contributed by atoms with Gasteiger partial charge in [-0.2, -0.15) is 0 Å². The number of carbonyl (C=O) groups excluding carboxylic acids is 1. The molecule has 0 saturated carbocycles. The normalized spacial score (nSPS) is 17.5. The Bertz CT molecular complexity index is 1470. The minimum absolute atomic E-state index is 0.202. The first-order valence-electron chi connectivity index (χ1n) is 12.3. The molecule has 4 heteroatoms. The molecule has 0 bridgehead atoms. The molecule has 0 saturated heterocycles. The molecule has 1 spiro atoms. The van der Waals surface area contributed by atoms with Crippen LogP contribution in [0.25, 0.3) is 0 Å². The molecule has 36 heavy (non-hydrogen) atoms. The van der Waals surface area contributed by atoms with E-state index in [1.165, 1.54) is 5.56 Å². The van der Waals surface area contributed by atoms with Gasteiger partial charge in [-0.25, -0.2) is 4.79 Å². The van der Waals surface area contributed by atoms with E-state index in [9.17, 15) is 4.79 Å². The molecule has 0 amide bonds. The van der Waals surface area contributed by atoms with Crippen LogP contribution >= 0.6 is 0 Å². The van der Waals surface area contributed by atoms with Crippen molar-refractivity contribution in [1.29, 1.82) is 0 Å². The zero-order valence-electron chi connectivity index (χ0n) is 20.7. The summed E-state index contributed by atoms with van der Waals surface area (Å²) < 4.78 is 12.7. The Morgan fingerprint density at radius 1 is 0.833 bits per heavy atom. The fraction of sp³-hybridized carbons (Fsp3) is 0.188. The van der Waals surface area contributed by atoms with Crippen molar-refractivity contribution >= 4 is 11.7 Å². The maximum Gasteiger partial charge on any atom is 0.340 e. The predicted molar refractivity (Wildman–Crippen MR) is 142 cm³/mol. The van der Waals surface area contributed by atoms with Crippen LogP contribution in [-0.4, -0.2) is 11.5 Å². The minimum atomic E-state index is -1.07. The van der Waals surface area contributed by atoms with Crippen molar-refractivity contribution in [2.75, 3.05) is 5.32 Å². The molecule has 4 aromatic rings. The number of carbonyl (C=O) groups is 1. The van der Waals surface area contributed by atoms with Crippen molar-refractivity contribution in [3.63, 3.8) is 0 Å². The molecule has 178 valence electrons. The largest absolute Gasteiger partial charge is 0.443 e. The van der Waals surface area contributed by atoms with Crippen LogP contribution in [0.4, 0.5) is 5.69 Å². The van der Waals surface area contributed by atoms with Crippen LogP contribution in [0.3, 0.4) is 0 Å². The van der Waals surface area contributed by atoms with Gasteiger partial charge in [-0.3, -0.25) is 0 Å². The second-order valence-electron chi connectivity index (χ2n) is 10.1. The second-order valence-corrected chi connectivity index (χ2v) is 10.1. The maximum atomic E-state index is 13.1. The first kappa shape index (κ1) is 22.3. The first-order valence-corrected chi connectivity index (χ1v) is 12.3. The Morgan fingerprint density at radius 2 is 1.61 bits per heavy atom. The van der Waals surface area contributed by atoms with Crippen LogP contribution in [0.5, 0.6) is 11.5 Å². The van der Waals surface area contributed by atoms with Gasteiger partial charge >= 0.3 is 5.97 Å². The van der Waals surface area contributed by atoms with Crippen molar-refractivity contribution < 1.29 is 14.3 Å². The highest BCUT2D eigenvalue weighted by atomic mass is 16.6. The summed E-state index contributed by atoms with van der Waals surface area (Å²) in [7, 11) is 0. The lowest BCUT2D eigenvalue weighted by Crippen LogP contribution is -2.35. The lowest BCUT2D eigenvalue weighted by Gasteiger charge is -2.36. The molecule has 0 fully saturated rings. The van der Waals surface area contributed by atoms with Gasteiger partial charge in [-0.1, -0.05) is 48.5 Å². The van der Waals surface area contributed by atoms with Gasteiger partial charge in [0.25, 0.3) is 0 Å². The SMILES string of the molecule is C[CH+]c1ccc2c(c1)Oc1ccc(NC(C)(C)Cc3ccccc3)cc1C21OC(=O)c2ccccc21. The van der Waals surface area contributed by atoms with E-state index in [2.05, 4.69) is 49.5 Å². The Balaban J connectivity index is 1.47. The minimum Gasteiger partial charge on any atom is -0.443 e. The molecule has 1 atom stereocenters. The van der Waals surface area contributed by atoms with Crippen molar-refractivity contribution in [1.82, 2.24) is 0 Å². The molecule has 1 N–H and O–H groups in total. The van der Waals surface area contributed by atoms with Crippen LogP contribution in [-0.2, 0) is 16.8 Å². The summed E-state index contributed by atoms with van der Waals surface area (Å²) >= 11 is 0. The third-order valence-corrected chi connectivity index (χ3v) is 7.04. The van der Waals surface area contributed by atoms with E-state index in [1.807, 2.05) is 74.0 Å². The van der Waals surface area contributed by atoms with Crippen LogP contribution in [0.15, 0.2) is 91.0 Å². The Kier molecular flexibility index (Phi) is 5.08. The molecule has 4 aromatic carbocycles. The van der Waals surface area contributed by atoms with Crippen molar-refractivity contribution in [2.45, 2.75) is 38.3 Å². The monoisotopic (exact) mass is 474 g/mol. The number of esters is 1. The van der Waals surface area contributed by atoms with E-state index in [0.29, 0.717) is 17.1 Å². The van der Waals surface area contributed by atoms with Crippen molar-refractivity contribution in [3.05, 3.63) is 131 Å². The smallest absolute Gasteiger partial charge is 0.340 e. The lowest BCUT2D eigenvalue weighted by atomic mass is 9.77. The van der Waals surface area contributed by atoms with E-state index in [1.54, 1.807) is 0 Å². The number of hydrogen-bond donors (Lipinski definition) is 1. The molecular formula is C32H28NO3+. The van der Waals surface area contributed by atoms with Crippen LogP contribution in [0.2, 0.25) is 0 Å². The summed E-state index contributed by atoms with van der Waals surface area (Å²) in [6, 6.07) is 30.2. The lowest BCUT2D eigenvalue weighted by molar-refractivity contribution is 0.0224. The topological polar surface area (TPSA) is 47.6 Å². The fourth-order valence-electron chi connectivity index (χ4n) is 5.49. The van der Waals surface area contributed by atoms with E-state index in [-0.39, 0.29) is 11.5 Å². The number of rotatable bonds is 5. The average Bonchev–Trinajstić information content (AvgIpc) is 3.17. The van der Waals surface area contributed by atoms with E-state index in [4.69, 9.17) is 9.47 Å². The van der Waals surface area contributed by atoms with E-state index in [0.717, 1.165) is 34.4 Å². The summed E-state index contributed by atoms with van der Waals surface area (Å²) in [5.41, 5.74) is 5.08. The van der Waals surface area contributed by atoms with Crippen LogP contribution < -0.4 is 10.1 Å². The molecule has 2 heterocycles. The summed E-state index contributed by atoms with van der Waals surface area (Å²) in [6.07, 6.45) is 2.89. The molecular weight excluding hydrogens is 446 g/mol. The third kappa shape index (κ3) is 3.53. The van der Waals surface area contributed by atoms with Gasteiger partial charge in [0.05, 0.1) is 17.2 Å². The molecule has 2 aliphatic heterocycles. The van der Waals surface area contributed by atoms with Crippen molar-refractivity contribution in [2.24, 2.45) is 0 Å². The van der Waals surface area contributed by atoms with E-state index < -0.39 is 5.60 Å². The molecule has 0 aromatic heterocycles. The summed E-state index contributed by atoms with van der Waals surface area (Å²) in [6.45, 7) is 6.37. The molecule has 4 nitrogen and oxygen atoms in total. The maximum absolute atomic E-state index is 13.1. The Morgan fingerprint density at radius 3 is 2.42 bits per heavy atom. The highest BCUT2D eigenvalue weighted by molar-refractivity contribution is 5.97. The van der Waals surface area contributed by atoms with Gasteiger partial charge in [0, 0.05) is 47.8 Å².